The molecule has 1 aromatic carbocycles. The molecule has 2 N–H and O–H groups in total. The minimum Gasteiger partial charge on any atom is -0.355 e. The molecule has 0 aliphatic heterocycles. The molecule has 19 heavy (non-hydrogen) atoms. The Bertz CT molecular complexity index is 424. The molecule has 0 saturated carbocycles. The summed E-state index contributed by atoms with van der Waals surface area (Å²) in [7, 11) is 0. The Kier molecular flexibility index (Phi) is 6.11. The van der Waals surface area contributed by atoms with E-state index in [9.17, 15) is 18.0 Å². The van der Waals surface area contributed by atoms with Gasteiger partial charge >= 0.3 is 6.18 Å². The Labute approximate surface area is 114 Å². The van der Waals surface area contributed by atoms with E-state index in [4.69, 9.17) is 11.6 Å². The first-order valence-corrected chi connectivity index (χ1v) is 6.03. The number of alkyl halides is 3. The van der Waals surface area contributed by atoms with E-state index in [-0.39, 0.29) is 6.54 Å². The highest BCUT2D eigenvalue weighted by molar-refractivity contribution is 6.30. The highest BCUT2D eigenvalue weighted by Gasteiger charge is 2.26. The van der Waals surface area contributed by atoms with Crippen LogP contribution in [-0.2, 0) is 11.2 Å². The maximum Gasteiger partial charge on any atom is 0.401 e. The van der Waals surface area contributed by atoms with Crippen LogP contribution < -0.4 is 10.6 Å². The van der Waals surface area contributed by atoms with E-state index in [1.807, 2.05) is 11.4 Å². The van der Waals surface area contributed by atoms with Crippen molar-refractivity contribution in [1.29, 1.82) is 0 Å². The van der Waals surface area contributed by atoms with E-state index in [0.29, 0.717) is 18.0 Å². The largest absolute Gasteiger partial charge is 0.401 e. The molecule has 0 heterocycles. The lowest BCUT2D eigenvalue weighted by molar-refractivity contribution is -0.128. The predicted molar refractivity (Wildman–Crippen MR) is 67.1 cm³/mol. The van der Waals surface area contributed by atoms with Crippen LogP contribution in [0.2, 0.25) is 5.02 Å². The summed E-state index contributed by atoms with van der Waals surface area (Å²) in [5.41, 5.74) is 0.955. The molecule has 0 aromatic heterocycles. The number of amides is 1. The molecule has 1 rings (SSSR count). The first-order valence-electron chi connectivity index (χ1n) is 5.65. The first-order chi connectivity index (χ1) is 8.87. The van der Waals surface area contributed by atoms with Crippen molar-refractivity contribution in [1.82, 2.24) is 10.6 Å². The Morgan fingerprint density at radius 2 is 2.05 bits per heavy atom. The summed E-state index contributed by atoms with van der Waals surface area (Å²) in [5.74, 6) is -0.466. The summed E-state index contributed by atoms with van der Waals surface area (Å²) in [6, 6.07) is 7.17. The quantitative estimate of drug-likeness (QED) is 0.844. The van der Waals surface area contributed by atoms with Crippen molar-refractivity contribution in [3.8, 4) is 0 Å². The zero-order valence-corrected chi connectivity index (χ0v) is 10.8. The molecule has 0 aliphatic rings. The second kappa shape index (κ2) is 7.35. The predicted octanol–water partition coefficient (Wildman–Crippen LogP) is 2.15. The Morgan fingerprint density at radius 3 is 2.68 bits per heavy atom. The fourth-order valence-electron chi connectivity index (χ4n) is 1.42. The van der Waals surface area contributed by atoms with Crippen molar-refractivity contribution in [2.45, 2.75) is 12.6 Å². The molecule has 0 unspecified atom stereocenters. The van der Waals surface area contributed by atoms with Crippen molar-refractivity contribution in [3.63, 3.8) is 0 Å². The molecule has 0 spiro atoms. The van der Waals surface area contributed by atoms with Crippen LogP contribution in [0.15, 0.2) is 24.3 Å². The van der Waals surface area contributed by atoms with Crippen molar-refractivity contribution >= 4 is 17.5 Å². The van der Waals surface area contributed by atoms with Gasteiger partial charge in [0.05, 0.1) is 13.1 Å². The molecule has 0 fully saturated rings. The van der Waals surface area contributed by atoms with E-state index in [1.165, 1.54) is 0 Å². The van der Waals surface area contributed by atoms with Gasteiger partial charge in [-0.1, -0.05) is 23.7 Å². The molecule has 7 heteroatoms. The lowest BCUT2D eigenvalue weighted by Crippen LogP contribution is -2.38. The molecule has 106 valence electrons. The Balaban J connectivity index is 2.17. The molecule has 3 nitrogen and oxygen atoms in total. The lowest BCUT2D eigenvalue weighted by Gasteiger charge is -2.09. The number of carbonyl (C=O) groups is 1. The van der Waals surface area contributed by atoms with Gasteiger partial charge in [-0.05, 0) is 24.1 Å². The van der Waals surface area contributed by atoms with E-state index < -0.39 is 18.6 Å². The van der Waals surface area contributed by atoms with Gasteiger partial charge < -0.3 is 10.6 Å². The van der Waals surface area contributed by atoms with Gasteiger partial charge in [-0.2, -0.15) is 13.2 Å². The first kappa shape index (κ1) is 15.8. The summed E-state index contributed by atoms with van der Waals surface area (Å²) in [5, 5.41) is 5.16. The smallest absolute Gasteiger partial charge is 0.355 e. The molecule has 0 saturated heterocycles. The second-order valence-electron chi connectivity index (χ2n) is 3.95. The summed E-state index contributed by atoms with van der Waals surface area (Å²) in [4.78, 5) is 11.2. The molecular formula is C12H14ClF3N2O. The van der Waals surface area contributed by atoms with Crippen molar-refractivity contribution in [3.05, 3.63) is 34.9 Å². The molecule has 0 bridgehead atoms. The minimum absolute atomic E-state index is 0.352. The Morgan fingerprint density at radius 1 is 1.32 bits per heavy atom. The number of halogens is 4. The SMILES string of the molecule is O=C(CNCC(F)(F)F)NCCc1cccc(Cl)c1. The number of benzene rings is 1. The zero-order chi connectivity index (χ0) is 14.3. The summed E-state index contributed by atoms with van der Waals surface area (Å²) >= 11 is 5.79. The van der Waals surface area contributed by atoms with Gasteiger partial charge in [0.15, 0.2) is 0 Å². The van der Waals surface area contributed by atoms with Gasteiger partial charge in [0.2, 0.25) is 5.91 Å². The van der Waals surface area contributed by atoms with Crippen LogP contribution in [0.25, 0.3) is 0 Å². The van der Waals surface area contributed by atoms with Crippen LogP contribution in [0, 0.1) is 0 Å². The average Bonchev–Trinajstić information content (AvgIpc) is 2.27. The van der Waals surface area contributed by atoms with Crippen molar-refractivity contribution in [2.24, 2.45) is 0 Å². The number of hydrogen-bond donors (Lipinski definition) is 2. The molecule has 0 aliphatic carbocycles. The standard InChI is InChI=1S/C12H14ClF3N2O/c13-10-3-1-2-9(6-10)4-5-18-11(19)7-17-8-12(14,15)16/h1-3,6,17H,4-5,7-8H2,(H,18,19). The number of nitrogens with one attached hydrogen (secondary N) is 2. The summed E-state index contributed by atoms with van der Waals surface area (Å²) < 4.78 is 35.4. The van der Waals surface area contributed by atoms with Crippen LogP contribution in [-0.4, -0.2) is 31.7 Å². The van der Waals surface area contributed by atoms with E-state index >= 15 is 0 Å². The Hall–Kier alpha value is -1.27. The van der Waals surface area contributed by atoms with E-state index in [0.717, 1.165) is 5.56 Å². The van der Waals surface area contributed by atoms with E-state index in [2.05, 4.69) is 5.32 Å². The van der Waals surface area contributed by atoms with Gasteiger partial charge in [-0.3, -0.25) is 4.79 Å². The van der Waals surface area contributed by atoms with Gasteiger partial charge in [0, 0.05) is 11.6 Å². The van der Waals surface area contributed by atoms with Crippen LogP contribution in [0.1, 0.15) is 5.56 Å². The number of carbonyl (C=O) groups excluding carboxylic acids is 1. The lowest BCUT2D eigenvalue weighted by atomic mass is 10.1. The van der Waals surface area contributed by atoms with E-state index in [1.54, 1.807) is 18.2 Å². The maximum atomic E-state index is 11.8. The third-order valence-corrected chi connectivity index (χ3v) is 2.47. The van der Waals surface area contributed by atoms with Crippen LogP contribution >= 0.6 is 11.6 Å². The van der Waals surface area contributed by atoms with Gasteiger partial charge in [-0.25, -0.2) is 0 Å². The van der Waals surface area contributed by atoms with Gasteiger partial charge in [0.1, 0.15) is 0 Å². The van der Waals surface area contributed by atoms with Crippen LogP contribution in [0.4, 0.5) is 13.2 Å². The minimum atomic E-state index is -4.30. The number of hydrogen-bond acceptors (Lipinski definition) is 2. The molecular weight excluding hydrogens is 281 g/mol. The van der Waals surface area contributed by atoms with Gasteiger partial charge in [-0.15, -0.1) is 0 Å². The summed E-state index contributed by atoms with van der Waals surface area (Å²) in [6.07, 6.45) is -3.73. The third-order valence-electron chi connectivity index (χ3n) is 2.24. The van der Waals surface area contributed by atoms with Crippen LogP contribution in [0.5, 0.6) is 0 Å². The maximum absolute atomic E-state index is 11.8. The molecule has 1 aromatic rings. The fourth-order valence-corrected chi connectivity index (χ4v) is 1.63. The van der Waals surface area contributed by atoms with Crippen LogP contribution in [0.3, 0.4) is 0 Å². The number of rotatable bonds is 6. The molecule has 0 atom stereocenters. The fraction of sp³-hybridized carbons (Fsp3) is 0.417. The topological polar surface area (TPSA) is 41.1 Å². The monoisotopic (exact) mass is 294 g/mol. The summed E-state index contributed by atoms with van der Waals surface area (Å²) in [6.45, 7) is -1.17. The normalized spacial score (nSPS) is 11.4. The van der Waals surface area contributed by atoms with Gasteiger partial charge in [0.25, 0.3) is 0 Å². The third kappa shape index (κ3) is 7.69. The highest BCUT2D eigenvalue weighted by Crippen LogP contribution is 2.12. The van der Waals surface area contributed by atoms with Crippen molar-refractivity contribution in [2.75, 3.05) is 19.6 Å². The van der Waals surface area contributed by atoms with Crippen molar-refractivity contribution < 1.29 is 18.0 Å². The molecule has 0 radical (unpaired) electrons. The average molecular weight is 295 g/mol. The molecule has 1 amide bonds. The highest BCUT2D eigenvalue weighted by atomic mass is 35.5. The second-order valence-corrected chi connectivity index (χ2v) is 4.39. The zero-order valence-electron chi connectivity index (χ0n) is 10.1.